The smallest absolute Gasteiger partial charge is 0.265 e. The van der Waals surface area contributed by atoms with Crippen LogP contribution in [0, 0.1) is 5.82 Å². The second-order valence-electron chi connectivity index (χ2n) is 9.03. The van der Waals surface area contributed by atoms with Crippen molar-refractivity contribution < 1.29 is 18.7 Å². The largest absolute Gasteiger partial charge is 0.478 e. The van der Waals surface area contributed by atoms with Gasteiger partial charge in [-0.1, -0.05) is 0 Å². The van der Waals surface area contributed by atoms with E-state index in [4.69, 9.17) is 4.74 Å². The Kier molecular flexibility index (Phi) is 5.93. The molecule has 5 rings (SSSR count). The van der Waals surface area contributed by atoms with E-state index in [0.717, 1.165) is 56.1 Å². The quantitative estimate of drug-likeness (QED) is 0.773. The number of nitrogens with zero attached hydrogens (tertiary/aromatic N) is 3. The highest BCUT2D eigenvalue weighted by molar-refractivity contribution is 5.97. The number of aryl methyl sites for hydroxylation is 1. The summed E-state index contributed by atoms with van der Waals surface area (Å²) in [6.07, 6.45) is 1.89. The fourth-order valence-corrected chi connectivity index (χ4v) is 4.78. The fraction of sp³-hybridized carbons (Fsp3) is 0.440. The Morgan fingerprint density at radius 2 is 1.82 bits per heavy atom. The van der Waals surface area contributed by atoms with Crippen LogP contribution in [0.3, 0.4) is 0 Å². The Labute approximate surface area is 193 Å². The molecule has 2 amide bonds. The first-order chi connectivity index (χ1) is 16.0. The van der Waals surface area contributed by atoms with E-state index in [1.54, 1.807) is 17.0 Å². The van der Waals surface area contributed by atoms with E-state index in [-0.39, 0.29) is 17.6 Å². The number of carbonyl (C=O) groups is 2. The molecule has 7 nitrogen and oxygen atoms in total. The van der Waals surface area contributed by atoms with Crippen LogP contribution in [-0.2, 0) is 16.0 Å². The molecule has 2 fully saturated rings. The highest BCUT2D eigenvalue weighted by Crippen LogP contribution is 2.39. The molecular formula is C25H29FN4O3. The van der Waals surface area contributed by atoms with E-state index in [1.165, 1.54) is 12.1 Å². The summed E-state index contributed by atoms with van der Waals surface area (Å²) in [5.74, 6) is 0.258. The summed E-state index contributed by atoms with van der Waals surface area (Å²) in [6.45, 7) is 4.11. The van der Waals surface area contributed by atoms with Crippen LogP contribution in [0.25, 0.3) is 0 Å². The molecule has 0 spiro atoms. The summed E-state index contributed by atoms with van der Waals surface area (Å²) in [6, 6.07) is 10.3. The van der Waals surface area contributed by atoms with Crippen molar-refractivity contribution in [2.45, 2.75) is 31.8 Å². The molecule has 3 aliphatic rings. The van der Waals surface area contributed by atoms with Gasteiger partial charge in [0.1, 0.15) is 11.6 Å². The maximum Gasteiger partial charge on any atom is 0.265 e. The zero-order chi connectivity index (χ0) is 22.9. The number of ether oxygens (including phenoxy) is 1. The number of rotatable bonds is 4. The summed E-state index contributed by atoms with van der Waals surface area (Å²) in [5, 5.41) is 2.93. The molecule has 3 heterocycles. The summed E-state index contributed by atoms with van der Waals surface area (Å²) in [5.41, 5.74) is 3.04. The van der Waals surface area contributed by atoms with Crippen LogP contribution < -0.4 is 19.9 Å². The van der Waals surface area contributed by atoms with Gasteiger partial charge in [-0.05, 0) is 62.2 Å². The number of anilines is 3. The summed E-state index contributed by atoms with van der Waals surface area (Å²) in [4.78, 5) is 31.1. The molecular weight excluding hydrogens is 423 g/mol. The molecule has 0 radical (unpaired) electrons. The Morgan fingerprint density at radius 3 is 2.52 bits per heavy atom. The number of nitrogens with one attached hydrogen (secondary N) is 1. The third-order valence-electron chi connectivity index (χ3n) is 6.70. The maximum atomic E-state index is 14.3. The van der Waals surface area contributed by atoms with Crippen molar-refractivity contribution in [3.05, 3.63) is 47.8 Å². The monoisotopic (exact) mass is 452 g/mol. The van der Waals surface area contributed by atoms with Crippen LogP contribution in [0.15, 0.2) is 36.4 Å². The molecule has 0 aliphatic carbocycles. The average molecular weight is 453 g/mol. The van der Waals surface area contributed by atoms with Crippen LogP contribution in [0.4, 0.5) is 21.5 Å². The van der Waals surface area contributed by atoms with Gasteiger partial charge >= 0.3 is 0 Å². The van der Waals surface area contributed by atoms with Crippen molar-refractivity contribution in [1.82, 2.24) is 4.90 Å². The molecule has 1 atom stereocenters. The lowest BCUT2D eigenvalue weighted by molar-refractivity contribution is -0.123. The van der Waals surface area contributed by atoms with E-state index in [0.29, 0.717) is 30.7 Å². The number of amides is 2. The van der Waals surface area contributed by atoms with Gasteiger partial charge in [-0.3, -0.25) is 9.59 Å². The number of fused-ring (bicyclic) bond motifs is 1. The topological polar surface area (TPSA) is 65.1 Å². The Hall–Kier alpha value is -3.13. The summed E-state index contributed by atoms with van der Waals surface area (Å²) < 4.78 is 20.5. The third-order valence-corrected chi connectivity index (χ3v) is 6.70. The van der Waals surface area contributed by atoms with E-state index in [1.807, 2.05) is 12.1 Å². The molecule has 8 heteroatoms. The van der Waals surface area contributed by atoms with Gasteiger partial charge in [0.25, 0.3) is 5.91 Å². The SMILES string of the molecule is CN1CCN(c2cc(F)cc3c2OC(C(=O)Nc2ccc(N4CCCC4=O)cc2)CC3)CC1. The molecule has 0 bridgehead atoms. The van der Waals surface area contributed by atoms with E-state index in [2.05, 4.69) is 22.2 Å². The second-order valence-corrected chi connectivity index (χ2v) is 9.03. The fourth-order valence-electron chi connectivity index (χ4n) is 4.78. The van der Waals surface area contributed by atoms with Crippen molar-refractivity contribution in [2.24, 2.45) is 0 Å². The molecule has 2 saturated heterocycles. The van der Waals surface area contributed by atoms with E-state index < -0.39 is 6.10 Å². The van der Waals surface area contributed by atoms with Gasteiger partial charge in [0.2, 0.25) is 5.91 Å². The number of halogens is 1. The van der Waals surface area contributed by atoms with Gasteiger partial charge in [0.05, 0.1) is 5.69 Å². The van der Waals surface area contributed by atoms with Crippen LogP contribution >= 0.6 is 0 Å². The molecule has 3 aliphatic heterocycles. The van der Waals surface area contributed by atoms with Crippen LogP contribution in [0.1, 0.15) is 24.8 Å². The van der Waals surface area contributed by atoms with Crippen LogP contribution in [-0.4, -0.2) is 62.6 Å². The predicted octanol–water partition coefficient (Wildman–Crippen LogP) is 3.04. The van der Waals surface area contributed by atoms with Crippen molar-refractivity contribution in [3.63, 3.8) is 0 Å². The predicted molar refractivity (Wildman–Crippen MR) is 126 cm³/mol. The normalized spacial score (nSPS) is 21.0. The van der Waals surface area contributed by atoms with Crippen molar-refractivity contribution in [3.8, 4) is 5.75 Å². The molecule has 33 heavy (non-hydrogen) atoms. The highest BCUT2D eigenvalue weighted by Gasteiger charge is 2.31. The molecule has 1 N–H and O–H groups in total. The van der Waals surface area contributed by atoms with Gasteiger partial charge in [-0.2, -0.15) is 0 Å². The maximum absolute atomic E-state index is 14.3. The van der Waals surface area contributed by atoms with Gasteiger partial charge in [-0.25, -0.2) is 4.39 Å². The standard InChI is InChI=1S/C25H29FN4O3/c1-28-11-13-29(14-12-28)21-16-18(26)15-17-4-9-22(33-24(17)21)25(32)27-19-5-7-20(8-6-19)30-10-2-3-23(30)31/h5-8,15-16,22H,2-4,9-14H2,1H3,(H,27,32). The molecule has 174 valence electrons. The number of likely N-dealkylation sites (N-methyl/N-ethyl adjacent to an activating group) is 1. The molecule has 1 unspecified atom stereocenters. The lowest BCUT2D eigenvalue weighted by Gasteiger charge is -2.37. The Bertz CT molecular complexity index is 1050. The first kappa shape index (κ1) is 21.7. The molecule has 2 aromatic rings. The third kappa shape index (κ3) is 4.53. The number of carbonyl (C=O) groups excluding carboxylic acids is 2. The lowest BCUT2D eigenvalue weighted by Crippen LogP contribution is -2.45. The Morgan fingerprint density at radius 1 is 1.06 bits per heavy atom. The minimum Gasteiger partial charge on any atom is -0.478 e. The van der Waals surface area contributed by atoms with Crippen molar-refractivity contribution in [1.29, 1.82) is 0 Å². The highest BCUT2D eigenvalue weighted by atomic mass is 19.1. The number of piperazine rings is 1. The van der Waals surface area contributed by atoms with E-state index >= 15 is 0 Å². The molecule has 0 aromatic heterocycles. The number of hydrogen-bond donors (Lipinski definition) is 1. The second kappa shape index (κ2) is 9.02. The average Bonchev–Trinajstić information content (AvgIpc) is 3.25. The lowest BCUT2D eigenvalue weighted by atomic mass is 9.99. The van der Waals surface area contributed by atoms with Gasteiger partial charge < -0.3 is 24.8 Å². The van der Waals surface area contributed by atoms with Gasteiger partial charge in [0.15, 0.2) is 6.10 Å². The van der Waals surface area contributed by atoms with Crippen molar-refractivity contribution in [2.75, 3.05) is 54.9 Å². The van der Waals surface area contributed by atoms with Crippen LogP contribution in [0.5, 0.6) is 5.75 Å². The minimum atomic E-state index is -0.644. The van der Waals surface area contributed by atoms with Gasteiger partial charge in [-0.15, -0.1) is 0 Å². The molecule has 2 aromatic carbocycles. The summed E-state index contributed by atoms with van der Waals surface area (Å²) in [7, 11) is 2.07. The van der Waals surface area contributed by atoms with Gasteiger partial charge in [0, 0.05) is 56.6 Å². The Balaban J connectivity index is 1.28. The van der Waals surface area contributed by atoms with Crippen LogP contribution in [0.2, 0.25) is 0 Å². The summed E-state index contributed by atoms with van der Waals surface area (Å²) >= 11 is 0. The minimum absolute atomic E-state index is 0.133. The first-order valence-corrected chi connectivity index (χ1v) is 11.6. The number of benzene rings is 2. The molecule has 0 saturated carbocycles. The number of hydrogen-bond acceptors (Lipinski definition) is 5. The zero-order valence-electron chi connectivity index (χ0n) is 18.8. The zero-order valence-corrected chi connectivity index (χ0v) is 18.8. The van der Waals surface area contributed by atoms with E-state index in [9.17, 15) is 14.0 Å². The first-order valence-electron chi connectivity index (χ1n) is 11.6. The van der Waals surface area contributed by atoms with Crippen molar-refractivity contribution >= 4 is 28.9 Å².